The van der Waals surface area contributed by atoms with Gasteiger partial charge in [0.15, 0.2) is 11.4 Å². The maximum absolute atomic E-state index is 12.4. The number of phenolic OH excluding ortho intramolecular Hbond substituents is 1. The third-order valence-corrected chi connectivity index (χ3v) is 5.24. The number of phenols is 1. The lowest BCUT2D eigenvalue weighted by Crippen LogP contribution is -2.30. The number of fused-ring (bicyclic) bond motifs is 1. The summed E-state index contributed by atoms with van der Waals surface area (Å²) in [6.45, 7) is 1.80. The summed E-state index contributed by atoms with van der Waals surface area (Å²) in [5.74, 6) is -1.73. The highest BCUT2D eigenvalue weighted by Crippen LogP contribution is 2.38. The van der Waals surface area contributed by atoms with E-state index in [2.05, 4.69) is 5.18 Å². The fraction of sp³-hybridized carbons (Fsp3) is 0.0556. The number of rotatable bonds is 4. The number of nitroso groups, excluding NO2 is 1. The first kappa shape index (κ1) is 17.6. The van der Waals surface area contributed by atoms with E-state index < -0.39 is 21.7 Å². The summed E-state index contributed by atoms with van der Waals surface area (Å²) in [6, 6.07) is 13.7. The Balaban J connectivity index is 2.04. The van der Waals surface area contributed by atoms with E-state index in [1.165, 1.54) is 18.2 Å². The first-order valence-corrected chi connectivity index (χ1v) is 9.03. The minimum absolute atomic E-state index is 0.0922. The van der Waals surface area contributed by atoms with Crippen LogP contribution in [0, 0.1) is 11.8 Å². The van der Waals surface area contributed by atoms with Crippen LogP contribution in [0.25, 0.3) is 10.8 Å². The fourth-order valence-corrected chi connectivity index (χ4v) is 3.50. The molecule has 0 saturated carbocycles. The Bertz CT molecular complexity index is 1120. The number of nitrogens with zero attached hydrogens (tertiary/aromatic N) is 1. The van der Waals surface area contributed by atoms with E-state index in [0.29, 0.717) is 10.8 Å². The summed E-state index contributed by atoms with van der Waals surface area (Å²) in [7, 11) is -4.13. The molecular formula is C18H14N2O5S. The normalized spacial score (nSPS) is 11.3. The molecule has 0 aliphatic rings. The zero-order valence-electron chi connectivity index (χ0n) is 13.6. The molecule has 0 fully saturated rings. The highest BCUT2D eigenvalue weighted by atomic mass is 32.2. The lowest BCUT2D eigenvalue weighted by Gasteiger charge is -2.11. The minimum atomic E-state index is -4.13. The molecule has 3 aromatic carbocycles. The second-order valence-corrected chi connectivity index (χ2v) is 7.36. The molecule has 7 nitrogen and oxygen atoms in total. The molecule has 0 atom stereocenters. The van der Waals surface area contributed by atoms with Crippen LogP contribution in [0.4, 0.5) is 5.69 Å². The van der Waals surface area contributed by atoms with E-state index in [9.17, 15) is 23.2 Å². The molecule has 0 bridgehead atoms. The second-order valence-electron chi connectivity index (χ2n) is 5.68. The molecule has 0 heterocycles. The molecule has 0 radical (unpaired) electrons. The van der Waals surface area contributed by atoms with Gasteiger partial charge in [-0.05, 0) is 35.7 Å². The van der Waals surface area contributed by atoms with Gasteiger partial charge in [0.05, 0.1) is 10.5 Å². The molecule has 0 unspecified atom stereocenters. The van der Waals surface area contributed by atoms with E-state index in [4.69, 9.17) is 0 Å². The van der Waals surface area contributed by atoms with Crippen LogP contribution in [0.15, 0.2) is 64.7 Å². The summed E-state index contributed by atoms with van der Waals surface area (Å²) < 4.78 is 26.6. The predicted octanol–water partition coefficient (Wildman–Crippen LogP) is 3.37. The zero-order chi connectivity index (χ0) is 18.9. The van der Waals surface area contributed by atoms with Gasteiger partial charge in [0.25, 0.3) is 15.9 Å². The molecule has 0 saturated heterocycles. The first-order valence-electron chi connectivity index (χ1n) is 7.55. The van der Waals surface area contributed by atoms with Gasteiger partial charge in [-0.15, -0.1) is 4.91 Å². The number of hydrogen-bond acceptors (Lipinski definition) is 6. The Morgan fingerprint density at radius 2 is 1.73 bits per heavy atom. The van der Waals surface area contributed by atoms with E-state index in [1.807, 2.05) is 4.72 Å². The molecule has 132 valence electrons. The number of carbonyl (C=O) groups is 1. The largest absolute Gasteiger partial charge is 0.505 e. The number of hydrogen-bond donors (Lipinski definition) is 2. The number of benzene rings is 3. The Hall–Kier alpha value is -3.26. The number of aromatic hydroxyl groups is 1. The second kappa shape index (κ2) is 6.57. The third-order valence-electron chi connectivity index (χ3n) is 3.89. The van der Waals surface area contributed by atoms with Crippen LogP contribution in [0.5, 0.6) is 5.75 Å². The van der Waals surface area contributed by atoms with Crippen LogP contribution < -0.4 is 4.72 Å². The van der Waals surface area contributed by atoms with Crippen molar-refractivity contribution in [3.63, 3.8) is 0 Å². The van der Waals surface area contributed by atoms with E-state index in [1.54, 1.807) is 43.3 Å². The van der Waals surface area contributed by atoms with Gasteiger partial charge in [-0.3, -0.25) is 4.79 Å². The molecule has 0 spiro atoms. The van der Waals surface area contributed by atoms with Gasteiger partial charge in [0, 0.05) is 5.39 Å². The summed E-state index contributed by atoms with van der Waals surface area (Å²) in [5.41, 5.74) is 0.194. The predicted molar refractivity (Wildman–Crippen MR) is 96.9 cm³/mol. The number of sulfonamides is 1. The molecule has 3 aromatic rings. The zero-order valence-corrected chi connectivity index (χ0v) is 14.4. The highest BCUT2D eigenvalue weighted by molar-refractivity contribution is 7.90. The van der Waals surface area contributed by atoms with Crippen LogP contribution >= 0.6 is 0 Å². The van der Waals surface area contributed by atoms with Crippen LogP contribution in [-0.4, -0.2) is 19.4 Å². The topological polar surface area (TPSA) is 113 Å². The van der Waals surface area contributed by atoms with Crippen molar-refractivity contribution in [3.8, 4) is 5.75 Å². The van der Waals surface area contributed by atoms with Crippen LogP contribution in [-0.2, 0) is 10.0 Å². The van der Waals surface area contributed by atoms with Gasteiger partial charge in [-0.25, -0.2) is 13.1 Å². The van der Waals surface area contributed by atoms with Gasteiger partial charge >= 0.3 is 0 Å². The molecule has 8 heteroatoms. The van der Waals surface area contributed by atoms with Crippen LogP contribution in [0.3, 0.4) is 0 Å². The van der Waals surface area contributed by atoms with Gasteiger partial charge in [-0.1, -0.05) is 42.0 Å². The molecule has 3 rings (SSSR count). The maximum Gasteiger partial charge on any atom is 0.268 e. The van der Waals surface area contributed by atoms with E-state index >= 15 is 0 Å². The summed E-state index contributed by atoms with van der Waals surface area (Å²) in [4.78, 5) is 23.4. The molecule has 0 aliphatic heterocycles. The SMILES string of the molecule is Cc1ccc(S(=O)(=O)NC(=O)c2cc3ccccc3c(N=O)c2O)cc1. The first-order chi connectivity index (χ1) is 12.3. The van der Waals surface area contributed by atoms with Gasteiger partial charge in [0.2, 0.25) is 0 Å². The number of amides is 1. The van der Waals surface area contributed by atoms with Crippen molar-refractivity contribution in [1.82, 2.24) is 4.72 Å². The highest BCUT2D eigenvalue weighted by Gasteiger charge is 2.23. The number of aryl methyl sites for hydroxylation is 1. The quantitative estimate of drug-likeness (QED) is 0.684. The van der Waals surface area contributed by atoms with Crippen molar-refractivity contribution in [1.29, 1.82) is 0 Å². The van der Waals surface area contributed by atoms with Crippen molar-refractivity contribution >= 4 is 32.4 Å². The van der Waals surface area contributed by atoms with Gasteiger partial charge in [0.1, 0.15) is 0 Å². The molecule has 0 aliphatic carbocycles. The lowest BCUT2D eigenvalue weighted by molar-refractivity contribution is 0.0979. The van der Waals surface area contributed by atoms with Crippen molar-refractivity contribution in [2.75, 3.05) is 0 Å². The number of carbonyl (C=O) groups excluding carboxylic acids is 1. The minimum Gasteiger partial charge on any atom is -0.505 e. The monoisotopic (exact) mass is 370 g/mol. The van der Waals surface area contributed by atoms with Crippen LogP contribution in [0.1, 0.15) is 15.9 Å². The summed E-state index contributed by atoms with van der Waals surface area (Å²) in [6.07, 6.45) is 0. The lowest BCUT2D eigenvalue weighted by atomic mass is 10.0. The number of nitrogens with one attached hydrogen (secondary N) is 1. The van der Waals surface area contributed by atoms with Crippen LogP contribution in [0.2, 0.25) is 0 Å². The summed E-state index contributed by atoms with van der Waals surface area (Å²) >= 11 is 0. The average Bonchev–Trinajstić information content (AvgIpc) is 2.61. The Labute approximate surface area is 149 Å². The fourth-order valence-electron chi connectivity index (χ4n) is 2.54. The molecule has 2 N–H and O–H groups in total. The molecular weight excluding hydrogens is 356 g/mol. The Morgan fingerprint density at radius 3 is 2.38 bits per heavy atom. The molecule has 26 heavy (non-hydrogen) atoms. The molecule has 1 amide bonds. The maximum atomic E-state index is 12.4. The third kappa shape index (κ3) is 3.14. The molecule has 0 aromatic heterocycles. The smallest absolute Gasteiger partial charge is 0.268 e. The Kier molecular flexibility index (Phi) is 4.43. The summed E-state index contributed by atoms with van der Waals surface area (Å²) in [5, 5.41) is 13.8. The van der Waals surface area contributed by atoms with Crippen molar-refractivity contribution in [2.45, 2.75) is 11.8 Å². The van der Waals surface area contributed by atoms with Crippen molar-refractivity contribution in [2.24, 2.45) is 5.18 Å². The van der Waals surface area contributed by atoms with Crippen molar-refractivity contribution in [3.05, 3.63) is 70.6 Å². The van der Waals surface area contributed by atoms with Gasteiger partial charge in [-0.2, -0.15) is 0 Å². The standard InChI is InChI=1S/C18H14N2O5S/c1-11-6-8-13(9-7-11)26(24,25)20-18(22)15-10-12-4-2-3-5-14(12)16(19-23)17(15)21/h2-10,21H,1H3,(H,20,22). The van der Waals surface area contributed by atoms with Crippen molar-refractivity contribution < 1.29 is 18.3 Å². The average molecular weight is 370 g/mol. The van der Waals surface area contributed by atoms with E-state index in [-0.39, 0.29) is 16.1 Å². The van der Waals surface area contributed by atoms with Gasteiger partial charge < -0.3 is 5.11 Å². The Morgan fingerprint density at radius 1 is 1.08 bits per heavy atom. The van der Waals surface area contributed by atoms with E-state index in [0.717, 1.165) is 5.56 Å².